The Hall–Kier alpha value is -1.41. The van der Waals surface area contributed by atoms with E-state index in [2.05, 4.69) is 42.6 Å². The van der Waals surface area contributed by atoms with E-state index in [1.165, 1.54) is 52.2 Å². The third-order valence-corrected chi connectivity index (χ3v) is 8.52. The highest BCUT2D eigenvalue weighted by atomic mass is 32.2. The van der Waals surface area contributed by atoms with Crippen LogP contribution < -0.4 is 5.73 Å². The molecule has 3 fully saturated rings. The van der Waals surface area contributed by atoms with Gasteiger partial charge in [-0.2, -0.15) is 11.8 Å². The molecular weight excluding hydrogens is 334 g/mol. The van der Waals surface area contributed by atoms with E-state index in [9.17, 15) is 0 Å². The first kappa shape index (κ1) is 16.7. The Balaban J connectivity index is 1.05. The van der Waals surface area contributed by atoms with E-state index in [-0.39, 0.29) is 0 Å². The zero-order valence-electron chi connectivity index (χ0n) is 15.5. The minimum Gasteiger partial charge on any atom is -0.399 e. The minimum absolute atomic E-state index is 0.826. The summed E-state index contributed by atoms with van der Waals surface area (Å²) >= 11 is 2.12. The minimum atomic E-state index is 0.826. The predicted molar refractivity (Wildman–Crippen MR) is 115 cm³/mol. The van der Waals surface area contributed by atoms with E-state index in [0.717, 1.165) is 29.4 Å². The lowest BCUT2D eigenvalue weighted by Gasteiger charge is -2.76. The Morgan fingerprint density at radius 3 is 2.62 bits per heavy atom. The van der Waals surface area contributed by atoms with Gasteiger partial charge in [-0.3, -0.25) is 0 Å². The second kappa shape index (κ2) is 6.34. The van der Waals surface area contributed by atoms with Crippen molar-refractivity contribution in [2.75, 3.05) is 17.2 Å². The summed E-state index contributed by atoms with van der Waals surface area (Å²) in [5.74, 6) is 6.01. The molecule has 0 amide bonds. The van der Waals surface area contributed by atoms with Gasteiger partial charge >= 0.3 is 0 Å². The van der Waals surface area contributed by atoms with E-state index in [4.69, 9.17) is 5.73 Å². The summed E-state index contributed by atoms with van der Waals surface area (Å²) < 4.78 is 0. The summed E-state index contributed by atoms with van der Waals surface area (Å²) in [5, 5.41) is 2.46. The molecular formula is C24H29NS. The van der Waals surface area contributed by atoms with Crippen molar-refractivity contribution in [1.29, 1.82) is 0 Å². The molecule has 2 aromatic rings. The number of anilines is 1. The van der Waals surface area contributed by atoms with Crippen LogP contribution in [0.4, 0.5) is 5.69 Å². The Labute approximate surface area is 161 Å². The zero-order valence-corrected chi connectivity index (χ0v) is 16.4. The molecule has 0 aromatic heterocycles. The van der Waals surface area contributed by atoms with Gasteiger partial charge in [0.2, 0.25) is 0 Å². The van der Waals surface area contributed by atoms with Gasteiger partial charge in [-0.1, -0.05) is 24.8 Å². The fraction of sp³-hybridized carbons (Fsp3) is 0.500. The summed E-state index contributed by atoms with van der Waals surface area (Å²) in [6.07, 6.45) is 8.73. The first-order valence-electron chi connectivity index (χ1n) is 10.2. The van der Waals surface area contributed by atoms with Crippen LogP contribution in [0, 0.1) is 23.2 Å². The zero-order chi connectivity index (χ0) is 17.7. The summed E-state index contributed by atoms with van der Waals surface area (Å²) in [5.41, 5.74) is 10.1. The molecule has 2 heteroatoms. The largest absolute Gasteiger partial charge is 0.399 e. The lowest BCUT2D eigenvalue weighted by Crippen LogP contribution is -2.68. The van der Waals surface area contributed by atoms with Gasteiger partial charge in [0, 0.05) is 5.69 Å². The maximum atomic E-state index is 5.87. The number of hydrogen-bond acceptors (Lipinski definition) is 2. The van der Waals surface area contributed by atoms with Gasteiger partial charge < -0.3 is 5.73 Å². The molecule has 2 unspecified atom stereocenters. The van der Waals surface area contributed by atoms with Crippen molar-refractivity contribution in [3.63, 3.8) is 0 Å². The average Bonchev–Trinajstić information content (AvgIpc) is 2.63. The molecule has 0 radical (unpaired) electrons. The van der Waals surface area contributed by atoms with Gasteiger partial charge in [-0.25, -0.2) is 0 Å². The summed E-state index contributed by atoms with van der Waals surface area (Å²) in [6, 6.07) is 12.7. The number of nitrogen functional groups attached to an aromatic ring is 1. The summed E-state index contributed by atoms with van der Waals surface area (Å²) in [6.45, 7) is 4.32. The third kappa shape index (κ3) is 2.69. The molecule has 3 saturated carbocycles. The van der Waals surface area contributed by atoms with E-state index in [0.29, 0.717) is 0 Å². The topological polar surface area (TPSA) is 26.0 Å². The molecule has 1 nitrogen and oxygen atoms in total. The van der Waals surface area contributed by atoms with Crippen molar-refractivity contribution in [3.8, 4) is 0 Å². The first-order chi connectivity index (χ1) is 12.6. The van der Waals surface area contributed by atoms with Crippen molar-refractivity contribution in [1.82, 2.24) is 0 Å². The molecule has 0 saturated heterocycles. The number of hydrogen-bond donors (Lipinski definition) is 1. The number of allylic oxidation sites excluding steroid dienone is 1. The quantitative estimate of drug-likeness (QED) is 0.435. The second-order valence-corrected chi connectivity index (χ2v) is 10.2. The Bertz CT molecular complexity index is 842. The molecule has 0 spiro atoms. The maximum Gasteiger partial charge on any atom is 0.0320 e. The highest BCUT2D eigenvalue weighted by Crippen LogP contribution is 2.78. The summed E-state index contributed by atoms with van der Waals surface area (Å²) in [7, 11) is 0. The fourth-order valence-electron chi connectivity index (χ4n) is 6.19. The van der Waals surface area contributed by atoms with E-state index in [1.807, 2.05) is 12.1 Å². The molecule has 3 aliphatic carbocycles. The van der Waals surface area contributed by atoms with Crippen molar-refractivity contribution in [3.05, 3.63) is 48.5 Å². The van der Waals surface area contributed by atoms with Gasteiger partial charge in [0.15, 0.2) is 0 Å². The SMILES string of the molecule is C=C(CCSCCCC12CC3CC(C1)C32)c1ccc2cc(N)ccc2c1. The van der Waals surface area contributed by atoms with Gasteiger partial charge in [0.25, 0.3) is 0 Å². The van der Waals surface area contributed by atoms with E-state index < -0.39 is 0 Å². The molecule has 136 valence electrons. The van der Waals surface area contributed by atoms with Crippen molar-refractivity contribution in [2.24, 2.45) is 23.2 Å². The fourth-order valence-corrected chi connectivity index (χ4v) is 7.14. The first-order valence-corrected chi connectivity index (χ1v) is 11.4. The maximum absolute atomic E-state index is 5.87. The highest BCUT2D eigenvalue weighted by Gasteiger charge is 2.70. The van der Waals surface area contributed by atoms with Gasteiger partial charge in [0.05, 0.1) is 0 Å². The number of fused-ring (bicyclic) bond motifs is 1. The molecule has 3 aliphatic rings. The van der Waals surface area contributed by atoms with E-state index in [1.54, 1.807) is 19.3 Å². The van der Waals surface area contributed by atoms with Crippen LogP contribution in [0.3, 0.4) is 0 Å². The predicted octanol–water partition coefficient (Wildman–Crippen LogP) is 6.38. The van der Waals surface area contributed by atoms with Crippen LogP contribution in [0.25, 0.3) is 16.3 Å². The standard InChI is InChI=1S/C24H29NS/c1-16(17-3-4-19-13-22(25)6-5-18(19)11-17)7-10-26-9-2-8-24-14-20-12-21(15-24)23(20)24/h3-6,11,13,20-21,23H,1-2,7-10,12,14-15,25H2. The van der Waals surface area contributed by atoms with Crippen LogP contribution >= 0.6 is 11.8 Å². The molecule has 0 heterocycles. The lowest BCUT2D eigenvalue weighted by molar-refractivity contribution is -0.273. The van der Waals surface area contributed by atoms with Crippen molar-refractivity contribution < 1.29 is 0 Å². The average molecular weight is 364 g/mol. The number of rotatable bonds is 8. The van der Waals surface area contributed by atoms with Gasteiger partial charge in [-0.05, 0) is 113 Å². The second-order valence-electron chi connectivity index (χ2n) is 8.94. The lowest BCUT2D eigenvalue weighted by atomic mass is 9.28. The Morgan fingerprint density at radius 2 is 1.85 bits per heavy atom. The molecule has 2 atom stereocenters. The molecule has 0 bridgehead atoms. The van der Waals surface area contributed by atoms with Gasteiger partial charge in [-0.15, -0.1) is 0 Å². The highest BCUT2D eigenvalue weighted by molar-refractivity contribution is 7.99. The van der Waals surface area contributed by atoms with Crippen LogP contribution in [0.5, 0.6) is 0 Å². The Kier molecular flexibility index (Phi) is 4.08. The normalized spacial score (nSPS) is 30.8. The molecule has 2 aromatic carbocycles. The van der Waals surface area contributed by atoms with E-state index >= 15 is 0 Å². The third-order valence-electron chi connectivity index (χ3n) is 7.45. The molecule has 26 heavy (non-hydrogen) atoms. The van der Waals surface area contributed by atoms with Crippen molar-refractivity contribution >= 4 is 33.8 Å². The monoisotopic (exact) mass is 363 g/mol. The van der Waals surface area contributed by atoms with Crippen LogP contribution in [0.2, 0.25) is 0 Å². The Morgan fingerprint density at radius 1 is 1.08 bits per heavy atom. The molecule has 2 N–H and O–H groups in total. The van der Waals surface area contributed by atoms with Crippen LogP contribution in [-0.4, -0.2) is 11.5 Å². The van der Waals surface area contributed by atoms with Gasteiger partial charge in [0.1, 0.15) is 0 Å². The van der Waals surface area contributed by atoms with Crippen LogP contribution in [0.1, 0.15) is 44.1 Å². The number of nitrogens with two attached hydrogens (primary N) is 1. The molecule has 5 rings (SSSR count). The van der Waals surface area contributed by atoms with Crippen LogP contribution in [0.15, 0.2) is 43.0 Å². The van der Waals surface area contributed by atoms with Crippen LogP contribution in [-0.2, 0) is 0 Å². The number of thioether (sulfide) groups is 1. The smallest absolute Gasteiger partial charge is 0.0320 e. The number of benzene rings is 2. The summed E-state index contributed by atoms with van der Waals surface area (Å²) in [4.78, 5) is 0. The molecule has 0 aliphatic heterocycles. The van der Waals surface area contributed by atoms with Crippen molar-refractivity contribution in [2.45, 2.75) is 38.5 Å².